The molecule has 3 atom stereocenters. The van der Waals surface area contributed by atoms with E-state index in [4.69, 9.17) is 10.5 Å². The van der Waals surface area contributed by atoms with E-state index in [1.54, 1.807) is 0 Å². The van der Waals surface area contributed by atoms with Gasteiger partial charge >= 0.3 is 0 Å². The molecule has 94 valence electrons. The molecule has 1 aliphatic heterocycles. The Morgan fingerprint density at radius 2 is 2.06 bits per heavy atom. The van der Waals surface area contributed by atoms with Gasteiger partial charge in [-0.15, -0.1) is 0 Å². The molecule has 2 N–H and O–H groups in total. The first-order valence-corrected chi connectivity index (χ1v) is 5.83. The molecule has 1 aromatic rings. The summed E-state index contributed by atoms with van der Waals surface area (Å²) in [7, 11) is 0. The predicted octanol–water partition coefficient (Wildman–Crippen LogP) is 2.70. The molecule has 17 heavy (non-hydrogen) atoms. The van der Waals surface area contributed by atoms with Crippen LogP contribution in [0.1, 0.15) is 30.5 Å². The highest BCUT2D eigenvalue weighted by molar-refractivity contribution is 5.28. The Hall–Kier alpha value is -1.00. The molecule has 1 fully saturated rings. The van der Waals surface area contributed by atoms with Crippen LogP contribution in [0.5, 0.6) is 0 Å². The van der Waals surface area contributed by atoms with E-state index in [-0.39, 0.29) is 17.6 Å². The molecular formula is C13H17F2NO. The third-order valence-corrected chi connectivity index (χ3v) is 3.53. The topological polar surface area (TPSA) is 35.2 Å². The molecule has 1 aromatic carbocycles. The van der Waals surface area contributed by atoms with Gasteiger partial charge in [-0.1, -0.05) is 0 Å². The maximum absolute atomic E-state index is 13.8. The second-order valence-electron chi connectivity index (χ2n) is 4.68. The third-order valence-electron chi connectivity index (χ3n) is 3.53. The van der Waals surface area contributed by atoms with Crippen molar-refractivity contribution in [2.75, 3.05) is 6.61 Å². The highest BCUT2D eigenvalue weighted by Gasteiger charge is 2.32. The van der Waals surface area contributed by atoms with Crippen LogP contribution in [0, 0.1) is 24.5 Å². The van der Waals surface area contributed by atoms with Crippen molar-refractivity contribution in [2.24, 2.45) is 11.7 Å². The van der Waals surface area contributed by atoms with E-state index in [0.717, 1.165) is 6.42 Å². The smallest absolute Gasteiger partial charge is 0.128 e. The monoisotopic (exact) mass is 241 g/mol. The van der Waals surface area contributed by atoms with Crippen molar-refractivity contribution in [3.63, 3.8) is 0 Å². The summed E-state index contributed by atoms with van der Waals surface area (Å²) in [5.74, 6) is -0.800. The molecule has 1 saturated heterocycles. The lowest BCUT2D eigenvalue weighted by atomic mass is 9.88. The van der Waals surface area contributed by atoms with Gasteiger partial charge in [-0.25, -0.2) is 8.78 Å². The number of halogens is 2. The number of hydrogen-bond donors (Lipinski definition) is 1. The lowest BCUT2D eigenvalue weighted by Crippen LogP contribution is -2.27. The second kappa shape index (κ2) is 4.70. The van der Waals surface area contributed by atoms with Gasteiger partial charge < -0.3 is 10.5 Å². The lowest BCUT2D eigenvalue weighted by molar-refractivity contribution is 0.0991. The van der Waals surface area contributed by atoms with Crippen LogP contribution in [0.15, 0.2) is 12.1 Å². The summed E-state index contributed by atoms with van der Waals surface area (Å²) in [6.07, 6.45) is 0.783. The van der Waals surface area contributed by atoms with Crippen LogP contribution < -0.4 is 5.73 Å². The van der Waals surface area contributed by atoms with Crippen molar-refractivity contribution in [1.82, 2.24) is 0 Å². The average molecular weight is 241 g/mol. The summed E-state index contributed by atoms with van der Waals surface area (Å²) >= 11 is 0. The van der Waals surface area contributed by atoms with Gasteiger partial charge in [0.2, 0.25) is 0 Å². The Morgan fingerprint density at radius 3 is 2.65 bits per heavy atom. The van der Waals surface area contributed by atoms with Crippen molar-refractivity contribution < 1.29 is 13.5 Å². The number of ether oxygens (including phenoxy) is 1. The fourth-order valence-corrected chi connectivity index (χ4v) is 2.37. The number of nitrogens with two attached hydrogens (primary N) is 1. The van der Waals surface area contributed by atoms with E-state index >= 15 is 0 Å². The molecule has 1 aliphatic rings. The first kappa shape index (κ1) is 12.5. The zero-order valence-electron chi connectivity index (χ0n) is 10.0. The van der Waals surface area contributed by atoms with Gasteiger partial charge in [0.25, 0.3) is 0 Å². The molecule has 4 heteroatoms. The molecule has 2 nitrogen and oxygen atoms in total. The van der Waals surface area contributed by atoms with Crippen LogP contribution in [-0.4, -0.2) is 12.7 Å². The largest absolute Gasteiger partial charge is 0.378 e. The lowest BCUT2D eigenvalue weighted by Gasteiger charge is -2.23. The predicted molar refractivity (Wildman–Crippen MR) is 61.5 cm³/mol. The van der Waals surface area contributed by atoms with Crippen LogP contribution in [0.25, 0.3) is 0 Å². The molecule has 0 aliphatic carbocycles. The van der Waals surface area contributed by atoms with Crippen LogP contribution >= 0.6 is 0 Å². The molecule has 0 spiro atoms. The van der Waals surface area contributed by atoms with Gasteiger partial charge in [0, 0.05) is 24.1 Å². The van der Waals surface area contributed by atoms with E-state index in [0.29, 0.717) is 12.2 Å². The minimum absolute atomic E-state index is 0.00577. The Bertz CT molecular complexity index is 422. The maximum atomic E-state index is 13.8. The van der Waals surface area contributed by atoms with Gasteiger partial charge in [0.05, 0.1) is 6.10 Å². The van der Waals surface area contributed by atoms with Crippen LogP contribution in [0.3, 0.4) is 0 Å². The number of benzene rings is 1. The van der Waals surface area contributed by atoms with Crippen molar-refractivity contribution >= 4 is 0 Å². The SMILES string of the molecule is Cc1cc(F)c(C(N)C2CCOC2C)cc1F. The number of hydrogen-bond acceptors (Lipinski definition) is 2. The Balaban J connectivity index is 2.30. The Kier molecular flexibility index (Phi) is 3.45. The zero-order chi connectivity index (χ0) is 12.6. The van der Waals surface area contributed by atoms with Crippen LogP contribution in [0.2, 0.25) is 0 Å². The molecule has 0 saturated carbocycles. The summed E-state index contributed by atoms with van der Waals surface area (Å²) in [5, 5.41) is 0. The first-order chi connectivity index (χ1) is 8.00. The molecular weight excluding hydrogens is 224 g/mol. The van der Waals surface area contributed by atoms with Crippen molar-refractivity contribution in [1.29, 1.82) is 0 Å². The minimum Gasteiger partial charge on any atom is -0.378 e. The zero-order valence-corrected chi connectivity index (χ0v) is 10.0. The van der Waals surface area contributed by atoms with Gasteiger partial charge in [-0.05, 0) is 38.0 Å². The van der Waals surface area contributed by atoms with Crippen molar-refractivity contribution in [2.45, 2.75) is 32.4 Å². The van der Waals surface area contributed by atoms with E-state index < -0.39 is 17.7 Å². The number of aryl methyl sites for hydroxylation is 1. The average Bonchev–Trinajstić information content (AvgIpc) is 2.69. The Morgan fingerprint density at radius 1 is 1.35 bits per heavy atom. The van der Waals surface area contributed by atoms with Crippen LogP contribution in [-0.2, 0) is 4.74 Å². The quantitative estimate of drug-likeness (QED) is 0.864. The molecule has 1 heterocycles. The fraction of sp³-hybridized carbons (Fsp3) is 0.538. The van der Waals surface area contributed by atoms with Crippen LogP contribution in [0.4, 0.5) is 8.78 Å². The van der Waals surface area contributed by atoms with Gasteiger partial charge in [0.15, 0.2) is 0 Å². The van der Waals surface area contributed by atoms with Gasteiger partial charge in [0.1, 0.15) is 11.6 Å². The second-order valence-corrected chi connectivity index (χ2v) is 4.68. The molecule has 3 unspecified atom stereocenters. The van der Waals surface area contributed by atoms with E-state index in [2.05, 4.69) is 0 Å². The molecule has 0 bridgehead atoms. The van der Waals surface area contributed by atoms with Crippen molar-refractivity contribution in [3.8, 4) is 0 Å². The van der Waals surface area contributed by atoms with E-state index in [9.17, 15) is 8.78 Å². The summed E-state index contributed by atoms with van der Waals surface area (Å²) in [4.78, 5) is 0. The van der Waals surface area contributed by atoms with Gasteiger partial charge in [-0.3, -0.25) is 0 Å². The van der Waals surface area contributed by atoms with E-state index in [1.165, 1.54) is 19.1 Å². The standard InChI is InChI=1S/C13H17F2NO/c1-7-5-12(15)10(6-11(7)14)13(16)9-3-4-17-8(9)2/h5-6,8-9,13H,3-4,16H2,1-2H3. The Labute approximate surface area is 99.8 Å². The molecule has 0 radical (unpaired) electrons. The normalized spacial score (nSPS) is 26.2. The molecule has 0 aromatic heterocycles. The van der Waals surface area contributed by atoms with E-state index in [1.807, 2.05) is 6.92 Å². The highest BCUT2D eigenvalue weighted by atomic mass is 19.1. The summed E-state index contributed by atoms with van der Waals surface area (Å²) in [5.41, 5.74) is 6.57. The highest BCUT2D eigenvalue weighted by Crippen LogP contribution is 2.33. The first-order valence-electron chi connectivity index (χ1n) is 5.83. The number of rotatable bonds is 2. The summed E-state index contributed by atoms with van der Waals surface area (Å²) < 4.78 is 32.6. The maximum Gasteiger partial charge on any atom is 0.128 e. The van der Waals surface area contributed by atoms with Gasteiger partial charge in [-0.2, -0.15) is 0 Å². The molecule has 0 amide bonds. The summed E-state index contributed by atoms with van der Waals surface area (Å²) in [6.45, 7) is 4.09. The van der Waals surface area contributed by atoms with Crippen molar-refractivity contribution in [3.05, 3.63) is 34.9 Å². The summed E-state index contributed by atoms with van der Waals surface area (Å²) in [6, 6.07) is 1.90. The fourth-order valence-electron chi connectivity index (χ4n) is 2.37. The molecule has 2 rings (SSSR count). The third kappa shape index (κ3) is 2.33. The minimum atomic E-state index is -0.511.